The second-order valence-corrected chi connectivity index (χ2v) is 9.21. The van der Waals surface area contributed by atoms with E-state index in [0.29, 0.717) is 29.2 Å². The molecule has 2 aliphatic heterocycles. The number of aromatic nitrogens is 2. The van der Waals surface area contributed by atoms with Crippen molar-refractivity contribution in [2.24, 2.45) is 0 Å². The molecule has 1 aromatic heterocycles. The van der Waals surface area contributed by atoms with Crippen molar-refractivity contribution in [3.8, 4) is 11.5 Å². The molecule has 1 saturated heterocycles. The van der Waals surface area contributed by atoms with Gasteiger partial charge in [0.2, 0.25) is 12.7 Å². The lowest BCUT2D eigenvalue weighted by atomic mass is 9.82. The number of nitrogens with zero attached hydrogens (tertiary/aromatic N) is 4. The zero-order valence-electron chi connectivity index (χ0n) is 19.0. The molecule has 0 N–H and O–H groups in total. The van der Waals surface area contributed by atoms with Crippen molar-refractivity contribution in [2.75, 3.05) is 37.9 Å². The lowest BCUT2D eigenvalue weighted by molar-refractivity contribution is 0.0962. The summed E-state index contributed by atoms with van der Waals surface area (Å²) in [5.41, 5.74) is 2.80. The Labute approximate surface area is 201 Å². The Morgan fingerprint density at radius 3 is 2.51 bits per heavy atom. The number of benzene rings is 2. The Morgan fingerprint density at radius 2 is 1.71 bits per heavy atom. The van der Waals surface area contributed by atoms with Gasteiger partial charge in [-0.2, -0.15) is 0 Å². The largest absolute Gasteiger partial charge is 0.454 e. The molecule has 6 rings (SSSR count). The van der Waals surface area contributed by atoms with Crippen molar-refractivity contribution in [1.82, 2.24) is 14.9 Å². The Morgan fingerprint density at radius 1 is 0.943 bits per heavy atom. The number of rotatable bonds is 4. The number of ketones is 1. The first-order valence-corrected chi connectivity index (χ1v) is 11.7. The molecule has 0 unspecified atom stereocenters. The number of piperazine rings is 1. The van der Waals surface area contributed by atoms with Crippen LogP contribution in [0.25, 0.3) is 0 Å². The molecule has 7 nitrogen and oxygen atoms in total. The van der Waals surface area contributed by atoms with E-state index in [4.69, 9.17) is 14.5 Å². The highest BCUT2D eigenvalue weighted by Gasteiger charge is 2.30. The van der Waals surface area contributed by atoms with Gasteiger partial charge in [-0.1, -0.05) is 6.07 Å². The van der Waals surface area contributed by atoms with Gasteiger partial charge in [0.1, 0.15) is 11.6 Å². The number of ether oxygens (including phenoxy) is 2. The van der Waals surface area contributed by atoms with E-state index in [9.17, 15) is 13.6 Å². The normalized spacial score (nSPS) is 19.7. The Balaban J connectivity index is 1.13. The fourth-order valence-corrected chi connectivity index (χ4v) is 5.04. The highest BCUT2D eigenvalue weighted by atomic mass is 19.1. The monoisotopic (exact) mass is 478 g/mol. The summed E-state index contributed by atoms with van der Waals surface area (Å²) in [6.45, 7) is 4.29. The zero-order chi connectivity index (χ0) is 23.9. The zero-order valence-corrected chi connectivity index (χ0v) is 19.0. The lowest BCUT2D eigenvalue weighted by Gasteiger charge is -2.35. The molecule has 1 aliphatic carbocycles. The van der Waals surface area contributed by atoms with Crippen LogP contribution in [0.1, 0.15) is 39.5 Å². The van der Waals surface area contributed by atoms with Crippen LogP contribution in [0, 0.1) is 11.6 Å². The van der Waals surface area contributed by atoms with E-state index in [-0.39, 0.29) is 24.9 Å². The molecule has 0 amide bonds. The SMILES string of the molecule is O=C1C[C@@H](c2cc(F)cc(F)c2)Cc2nc(N3CCN(Cc4ccc5c(c4)OCO5)CC3)ncc21. The second-order valence-electron chi connectivity index (χ2n) is 9.21. The predicted molar refractivity (Wildman–Crippen MR) is 124 cm³/mol. The topological polar surface area (TPSA) is 67.8 Å². The van der Waals surface area contributed by atoms with Crippen molar-refractivity contribution in [1.29, 1.82) is 0 Å². The maximum absolute atomic E-state index is 13.7. The minimum absolute atomic E-state index is 0.0963. The highest BCUT2D eigenvalue weighted by Crippen LogP contribution is 2.34. The van der Waals surface area contributed by atoms with Crippen LogP contribution in [0.3, 0.4) is 0 Å². The third-order valence-electron chi connectivity index (χ3n) is 6.88. The van der Waals surface area contributed by atoms with Gasteiger partial charge in [-0.3, -0.25) is 9.69 Å². The first-order chi connectivity index (χ1) is 17.0. The molecule has 0 saturated carbocycles. The van der Waals surface area contributed by atoms with Crippen molar-refractivity contribution in [3.05, 3.63) is 76.6 Å². The number of anilines is 1. The van der Waals surface area contributed by atoms with E-state index >= 15 is 0 Å². The number of fused-ring (bicyclic) bond motifs is 2. The summed E-state index contributed by atoms with van der Waals surface area (Å²) in [5.74, 6) is 0.483. The van der Waals surface area contributed by atoms with Crippen molar-refractivity contribution < 1.29 is 23.0 Å². The molecular formula is C26H24F2N4O3. The van der Waals surface area contributed by atoms with E-state index in [1.807, 2.05) is 12.1 Å². The van der Waals surface area contributed by atoms with Gasteiger partial charge >= 0.3 is 0 Å². The lowest BCUT2D eigenvalue weighted by Crippen LogP contribution is -2.46. The second kappa shape index (κ2) is 8.88. The van der Waals surface area contributed by atoms with Gasteiger partial charge in [-0.15, -0.1) is 0 Å². The maximum atomic E-state index is 13.7. The molecule has 3 heterocycles. The molecule has 180 valence electrons. The maximum Gasteiger partial charge on any atom is 0.231 e. The molecule has 0 radical (unpaired) electrons. The summed E-state index contributed by atoms with van der Waals surface area (Å²) in [6.07, 6.45) is 2.24. The van der Waals surface area contributed by atoms with Gasteiger partial charge in [0.25, 0.3) is 0 Å². The number of halogens is 2. The minimum atomic E-state index is -0.639. The van der Waals surface area contributed by atoms with E-state index in [0.717, 1.165) is 50.3 Å². The van der Waals surface area contributed by atoms with Crippen LogP contribution in [0.15, 0.2) is 42.6 Å². The van der Waals surface area contributed by atoms with Crippen molar-refractivity contribution in [3.63, 3.8) is 0 Å². The van der Waals surface area contributed by atoms with Gasteiger partial charge in [-0.05, 0) is 47.7 Å². The van der Waals surface area contributed by atoms with Crippen LogP contribution in [-0.4, -0.2) is 53.6 Å². The summed E-state index contributed by atoms with van der Waals surface area (Å²) in [4.78, 5) is 26.4. The van der Waals surface area contributed by atoms with E-state index in [1.54, 1.807) is 6.20 Å². The summed E-state index contributed by atoms with van der Waals surface area (Å²) in [6, 6.07) is 9.47. The molecule has 2 aromatic carbocycles. The smallest absolute Gasteiger partial charge is 0.231 e. The van der Waals surface area contributed by atoms with Gasteiger partial charge in [0.05, 0.1) is 11.3 Å². The van der Waals surface area contributed by atoms with Crippen LogP contribution < -0.4 is 14.4 Å². The third kappa shape index (κ3) is 4.43. The van der Waals surface area contributed by atoms with E-state index < -0.39 is 11.6 Å². The van der Waals surface area contributed by atoms with Crippen LogP contribution in [-0.2, 0) is 13.0 Å². The molecule has 0 bridgehead atoms. The van der Waals surface area contributed by atoms with Crippen molar-refractivity contribution in [2.45, 2.75) is 25.3 Å². The minimum Gasteiger partial charge on any atom is -0.454 e. The van der Waals surface area contributed by atoms with E-state index in [2.05, 4.69) is 20.9 Å². The molecule has 1 atom stereocenters. The first kappa shape index (κ1) is 21.9. The van der Waals surface area contributed by atoms with Crippen LogP contribution in [0.2, 0.25) is 0 Å². The number of hydrogen-bond donors (Lipinski definition) is 0. The van der Waals surface area contributed by atoms with Gasteiger partial charge in [0.15, 0.2) is 17.3 Å². The molecular weight excluding hydrogens is 454 g/mol. The molecule has 3 aliphatic rings. The Bertz CT molecular complexity index is 1270. The predicted octanol–water partition coefficient (Wildman–Crippen LogP) is 3.72. The van der Waals surface area contributed by atoms with Gasteiger partial charge < -0.3 is 14.4 Å². The number of hydrogen-bond acceptors (Lipinski definition) is 7. The summed E-state index contributed by atoms with van der Waals surface area (Å²) in [5, 5.41) is 0. The number of carbonyl (C=O) groups excluding carboxylic acids is 1. The number of Topliss-reactive ketones (excluding diaryl/α,β-unsaturated/α-hetero) is 1. The van der Waals surface area contributed by atoms with Gasteiger partial charge in [-0.25, -0.2) is 18.7 Å². The molecule has 0 spiro atoms. The highest BCUT2D eigenvalue weighted by molar-refractivity contribution is 5.98. The van der Waals surface area contributed by atoms with Crippen LogP contribution in [0.5, 0.6) is 11.5 Å². The standard InChI is InChI=1S/C26H24F2N4O3/c27-19-8-17(9-20(28)12-19)18-10-22-21(23(33)11-18)13-29-26(30-22)32-5-3-31(4-6-32)14-16-1-2-24-25(7-16)35-15-34-24/h1-2,7-9,12-13,18H,3-6,10-11,14-15H2/t18-/m0/s1. The Kier molecular flexibility index (Phi) is 5.56. The summed E-state index contributed by atoms with van der Waals surface area (Å²) < 4.78 is 38.3. The average molecular weight is 478 g/mol. The average Bonchev–Trinajstić information content (AvgIpc) is 3.31. The van der Waals surface area contributed by atoms with Gasteiger partial charge in [0, 0.05) is 51.4 Å². The molecule has 1 fully saturated rings. The summed E-state index contributed by atoms with van der Waals surface area (Å²) >= 11 is 0. The summed E-state index contributed by atoms with van der Waals surface area (Å²) in [7, 11) is 0. The first-order valence-electron chi connectivity index (χ1n) is 11.7. The molecule has 35 heavy (non-hydrogen) atoms. The molecule has 9 heteroatoms. The Hall–Kier alpha value is -3.59. The van der Waals surface area contributed by atoms with Crippen molar-refractivity contribution >= 4 is 11.7 Å². The van der Waals surface area contributed by atoms with E-state index in [1.165, 1.54) is 17.7 Å². The third-order valence-corrected chi connectivity index (χ3v) is 6.88. The fourth-order valence-electron chi connectivity index (χ4n) is 5.04. The van der Waals surface area contributed by atoms with Crippen LogP contribution in [0.4, 0.5) is 14.7 Å². The fraction of sp³-hybridized carbons (Fsp3) is 0.346. The van der Waals surface area contributed by atoms with Crippen LogP contribution >= 0.6 is 0 Å². The quantitative estimate of drug-likeness (QED) is 0.566. The number of carbonyl (C=O) groups is 1. The molecule has 3 aromatic rings.